The summed E-state index contributed by atoms with van der Waals surface area (Å²) in [5.74, 6) is 0. The van der Waals surface area contributed by atoms with Crippen molar-refractivity contribution < 1.29 is 4.74 Å². The zero-order valence-corrected chi connectivity index (χ0v) is 8.36. The van der Waals surface area contributed by atoms with Crippen molar-refractivity contribution in [3.63, 3.8) is 0 Å². The van der Waals surface area contributed by atoms with Crippen molar-refractivity contribution >= 4 is 11.4 Å². The van der Waals surface area contributed by atoms with E-state index in [1.165, 1.54) is 0 Å². The molecule has 1 aliphatic heterocycles. The molecule has 0 saturated carbocycles. The Morgan fingerprint density at radius 1 is 1.53 bits per heavy atom. The van der Waals surface area contributed by atoms with Crippen LogP contribution in [0.4, 0.5) is 11.4 Å². The van der Waals surface area contributed by atoms with Gasteiger partial charge in [0, 0.05) is 18.0 Å². The highest BCUT2D eigenvalue weighted by Gasteiger charge is 2.15. The molecule has 4 nitrogen and oxygen atoms in total. The Morgan fingerprint density at radius 2 is 2.40 bits per heavy atom. The van der Waals surface area contributed by atoms with E-state index in [9.17, 15) is 0 Å². The number of nitriles is 1. The van der Waals surface area contributed by atoms with E-state index in [1.807, 2.05) is 6.07 Å². The first kappa shape index (κ1) is 9.81. The molecule has 1 heterocycles. The normalized spacial score (nSPS) is 19.8. The van der Waals surface area contributed by atoms with Crippen LogP contribution in [0.5, 0.6) is 0 Å². The third kappa shape index (κ3) is 2.20. The Labute approximate surface area is 88.6 Å². The summed E-state index contributed by atoms with van der Waals surface area (Å²) in [7, 11) is 0. The van der Waals surface area contributed by atoms with E-state index in [1.54, 1.807) is 12.1 Å². The van der Waals surface area contributed by atoms with Gasteiger partial charge in [-0.1, -0.05) is 0 Å². The van der Waals surface area contributed by atoms with E-state index in [-0.39, 0.29) is 0 Å². The first-order valence-corrected chi connectivity index (χ1v) is 4.93. The second kappa shape index (κ2) is 4.20. The van der Waals surface area contributed by atoms with Gasteiger partial charge in [0.2, 0.25) is 0 Å². The Kier molecular flexibility index (Phi) is 2.75. The standard InChI is InChI=1S/C11H13N3O/c12-6-8-5-9(1-2-11(8)13)14-10-3-4-15-7-10/h1-2,5,10,14H,3-4,7,13H2. The molecule has 1 atom stereocenters. The molecule has 0 aromatic heterocycles. The molecule has 4 heteroatoms. The van der Waals surface area contributed by atoms with Gasteiger partial charge in [0.15, 0.2) is 0 Å². The average Bonchev–Trinajstić information content (AvgIpc) is 2.73. The number of nitrogens with two attached hydrogens (primary N) is 1. The maximum absolute atomic E-state index is 8.82. The maximum Gasteiger partial charge on any atom is 0.101 e. The zero-order valence-electron chi connectivity index (χ0n) is 8.36. The van der Waals surface area contributed by atoms with Gasteiger partial charge in [-0.2, -0.15) is 5.26 Å². The number of ether oxygens (including phenoxy) is 1. The van der Waals surface area contributed by atoms with Crippen molar-refractivity contribution in [2.24, 2.45) is 0 Å². The van der Waals surface area contributed by atoms with Crippen LogP contribution in [0.3, 0.4) is 0 Å². The number of nitrogen functional groups attached to an aromatic ring is 1. The lowest BCUT2D eigenvalue weighted by Crippen LogP contribution is -2.18. The van der Waals surface area contributed by atoms with E-state index in [4.69, 9.17) is 15.7 Å². The summed E-state index contributed by atoms with van der Waals surface area (Å²) in [6.07, 6.45) is 1.01. The fourth-order valence-electron chi connectivity index (χ4n) is 1.63. The highest BCUT2D eigenvalue weighted by molar-refractivity contribution is 5.62. The number of nitrogens with one attached hydrogen (secondary N) is 1. The van der Waals surface area contributed by atoms with E-state index < -0.39 is 0 Å². The fourth-order valence-corrected chi connectivity index (χ4v) is 1.63. The summed E-state index contributed by atoms with van der Waals surface area (Å²) in [4.78, 5) is 0. The third-order valence-corrected chi connectivity index (χ3v) is 2.47. The van der Waals surface area contributed by atoms with E-state index in [2.05, 4.69) is 11.4 Å². The number of hydrogen-bond acceptors (Lipinski definition) is 4. The van der Waals surface area contributed by atoms with Crippen molar-refractivity contribution in [2.45, 2.75) is 12.5 Å². The predicted molar refractivity (Wildman–Crippen MR) is 58.4 cm³/mol. The minimum atomic E-state index is 0.347. The van der Waals surface area contributed by atoms with Crippen LogP contribution in [-0.2, 0) is 4.74 Å². The van der Waals surface area contributed by atoms with Crippen LogP contribution < -0.4 is 11.1 Å². The molecular formula is C11H13N3O. The second-order valence-electron chi connectivity index (χ2n) is 3.62. The number of anilines is 2. The van der Waals surface area contributed by atoms with Gasteiger partial charge in [0.25, 0.3) is 0 Å². The number of rotatable bonds is 2. The van der Waals surface area contributed by atoms with Crippen molar-refractivity contribution in [3.8, 4) is 6.07 Å². The fraction of sp³-hybridized carbons (Fsp3) is 0.364. The number of benzene rings is 1. The van der Waals surface area contributed by atoms with Crippen LogP contribution in [0.15, 0.2) is 18.2 Å². The van der Waals surface area contributed by atoms with Gasteiger partial charge < -0.3 is 15.8 Å². The lowest BCUT2D eigenvalue weighted by molar-refractivity contribution is 0.195. The monoisotopic (exact) mass is 203 g/mol. The van der Waals surface area contributed by atoms with Crippen LogP contribution in [0.1, 0.15) is 12.0 Å². The molecule has 0 bridgehead atoms. The minimum absolute atomic E-state index is 0.347. The van der Waals surface area contributed by atoms with E-state index in [0.29, 0.717) is 17.3 Å². The summed E-state index contributed by atoms with van der Waals surface area (Å²) >= 11 is 0. The molecule has 3 N–H and O–H groups in total. The van der Waals surface area contributed by atoms with Crippen molar-refractivity contribution in [2.75, 3.05) is 24.3 Å². The number of nitrogens with zero attached hydrogens (tertiary/aromatic N) is 1. The first-order chi connectivity index (χ1) is 7.29. The Bertz CT molecular complexity index is 391. The molecule has 1 aromatic rings. The molecule has 1 unspecified atom stereocenters. The second-order valence-corrected chi connectivity index (χ2v) is 3.62. The van der Waals surface area contributed by atoms with Crippen molar-refractivity contribution in [1.29, 1.82) is 5.26 Å². The smallest absolute Gasteiger partial charge is 0.101 e. The molecule has 1 aromatic carbocycles. The molecule has 0 radical (unpaired) electrons. The van der Waals surface area contributed by atoms with Gasteiger partial charge in [-0.3, -0.25) is 0 Å². The SMILES string of the molecule is N#Cc1cc(NC2CCOC2)ccc1N. The summed E-state index contributed by atoms with van der Waals surface area (Å²) in [6, 6.07) is 7.81. The van der Waals surface area contributed by atoms with Gasteiger partial charge in [0.1, 0.15) is 6.07 Å². The molecule has 0 amide bonds. The largest absolute Gasteiger partial charge is 0.398 e. The molecule has 78 valence electrons. The van der Waals surface area contributed by atoms with Gasteiger partial charge in [-0.05, 0) is 24.6 Å². The molecule has 2 rings (SSSR count). The number of hydrogen-bond donors (Lipinski definition) is 2. The van der Waals surface area contributed by atoms with Crippen LogP contribution in [0.2, 0.25) is 0 Å². The van der Waals surface area contributed by atoms with Gasteiger partial charge in [-0.25, -0.2) is 0 Å². The summed E-state index contributed by atoms with van der Waals surface area (Å²) in [5, 5.41) is 12.1. The van der Waals surface area contributed by atoms with Crippen molar-refractivity contribution in [1.82, 2.24) is 0 Å². The Hall–Kier alpha value is -1.73. The molecule has 1 saturated heterocycles. The molecule has 1 aliphatic rings. The first-order valence-electron chi connectivity index (χ1n) is 4.93. The lowest BCUT2D eigenvalue weighted by Gasteiger charge is -2.12. The Balaban J connectivity index is 2.11. The topological polar surface area (TPSA) is 71.1 Å². The Morgan fingerprint density at radius 3 is 3.07 bits per heavy atom. The highest BCUT2D eigenvalue weighted by Crippen LogP contribution is 2.19. The van der Waals surface area contributed by atoms with Crippen LogP contribution >= 0.6 is 0 Å². The minimum Gasteiger partial charge on any atom is -0.398 e. The highest BCUT2D eigenvalue weighted by atomic mass is 16.5. The summed E-state index contributed by atoms with van der Waals surface area (Å²) in [5.41, 5.74) is 7.59. The molecular weight excluding hydrogens is 190 g/mol. The molecule has 1 fully saturated rings. The average molecular weight is 203 g/mol. The van der Waals surface area contributed by atoms with Gasteiger partial charge >= 0.3 is 0 Å². The van der Waals surface area contributed by atoms with Gasteiger partial charge in [0.05, 0.1) is 18.2 Å². The lowest BCUT2D eigenvalue weighted by atomic mass is 10.1. The molecule has 0 aliphatic carbocycles. The summed E-state index contributed by atoms with van der Waals surface area (Å²) in [6.45, 7) is 1.53. The zero-order chi connectivity index (χ0) is 10.7. The summed E-state index contributed by atoms with van der Waals surface area (Å²) < 4.78 is 5.26. The third-order valence-electron chi connectivity index (χ3n) is 2.47. The van der Waals surface area contributed by atoms with Crippen LogP contribution in [0, 0.1) is 11.3 Å². The van der Waals surface area contributed by atoms with E-state index >= 15 is 0 Å². The molecule has 15 heavy (non-hydrogen) atoms. The van der Waals surface area contributed by atoms with Crippen LogP contribution in [0.25, 0.3) is 0 Å². The predicted octanol–water partition coefficient (Wildman–Crippen LogP) is 1.34. The maximum atomic E-state index is 8.82. The van der Waals surface area contributed by atoms with Crippen molar-refractivity contribution in [3.05, 3.63) is 23.8 Å². The van der Waals surface area contributed by atoms with Gasteiger partial charge in [-0.15, -0.1) is 0 Å². The van der Waals surface area contributed by atoms with E-state index in [0.717, 1.165) is 25.3 Å². The molecule has 0 spiro atoms. The quantitative estimate of drug-likeness (QED) is 0.711. The van der Waals surface area contributed by atoms with Crippen LogP contribution in [-0.4, -0.2) is 19.3 Å².